The first-order valence-electron chi connectivity index (χ1n) is 8.58. The van der Waals surface area contributed by atoms with Gasteiger partial charge in [-0.05, 0) is 38.3 Å². The molecule has 0 unspecified atom stereocenters. The van der Waals surface area contributed by atoms with Crippen LogP contribution in [0.4, 0.5) is 0 Å². The molecule has 0 bridgehead atoms. The number of aromatic amines is 1. The number of sulfonamides is 1. The molecule has 1 fully saturated rings. The molecule has 2 N–H and O–H groups in total. The minimum Gasteiger partial charge on any atom is -0.352 e. The van der Waals surface area contributed by atoms with Crippen molar-refractivity contribution in [2.75, 3.05) is 13.1 Å². The Morgan fingerprint density at radius 2 is 2.08 bits per heavy atom. The number of nitrogens with zero attached hydrogens (tertiary/aromatic N) is 3. The average Bonchev–Trinajstić information content (AvgIpc) is 2.99. The summed E-state index contributed by atoms with van der Waals surface area (Å²) < 4.78 is 27.1. The van der Waals surface area contributed by atoms with Crippen molar-refractivity contribution in [3.8, 4) is 0 Å². The number of hydrogen-bond donors (Lipinski definition) is 2. The highest BCUT2D eigenvalue weighted by molar-refractivity contribution is 7.89. The van der Waals surface area contributed by atoms with E-state index in [1.807, 2.05) is 12.1 Å². The number of piperidine rings is 1. The lowest BCUT2D eigenvalue weighted by atomic mass is 9.97. The number of amides is 1. The van der Waals surface area contributed by atoms with Crippen LogP contribution in [0.15, 0.2) is 29.4 Å². The normalized spacial score (nSPS) is 16.5. The van der Waals surface area contributed by atoms with E-state index in [1.54, 1.807) is 26.2 Å². The SMILES string of the molecule is Cc1n[nH]c(C)c1S(=O)(=O)N1CCC(C(=O)NCc2cccnc2)CC1. The third-order valence-electron chi connectivity index (χ3n) is 4.67. The zero-order valence-electron chi connectivity index (χ0n) is 14.9. The van der Waals surface area contributed by atoms with Crippen LogP contribution in [0.3, 0.4) is 0 Å². The summed E-state index contributed by atoms with van der Waals surface area (Å²) in [5.74, 6) is -0.216. The zero-order valence-corrected chi connectivity index (χ0v) is 15.7. The van der Waals surface area contributed by atoms with Gasteiger partial charge in [0, 0.05) is 37.9 Å². The molecule has 2 aromatic rings. The van der Waals surface area contributed by atoms with Crippen molar-refractivity contribution in [3.05, 3.63) is 41.5 Å². The van der Waals surface area contributed by atoms with Crippen molar-refractivity contribution >= 4 is 15.9 Å². The van der Waals surface area contributed by atoms with Gasteiger partial charge in [-0.15, -0.1) is 0 Å². The van der Waals surface area contributed by atoms with E-state index in [-0.39, 0.29) is 16.7 Å². The summed E-state index contributed by atoms with van der Waals surface area (Å²) in [5, 5.41) is 9.60. The van der Waals surface area contributed by atoms with Crippen molar-refractivity contribution in [2.45, 2.75) is 38.1 Å². The summed E-state index contributed by atoms with van der Waals surface area (Å²) in [7, 11) is -3.58. The van der Waals surface area contributed by atoms with Crippen molar-refractivity contribution in [2.24, 2.45) is 5.92 Å². The van der Waals surface area contributed by atoms with Crippen LogP contribution in [0.5, 0.6) is 0 Å². The van der Waals surface area contributed by atoms with Gasteiger partial charge in [0.05, 0.1) is 11.4 Å². The number of carbonyl (C=O) groups is 1. The van der Waals surface area contributed by atoms with Crippen molar-refractivity contribution in [3.63, 3.8) is 0 Å². The molecule has 3 heterocycles. The molecule has 2 aromatic heterocycles. The molecule has 140 valence electrons. The van der Waals surface area contributed by atoms with E-state index in [9.17, 15) is 13.2 Å². The second-order valence-electron chi connectivity index (χ2n) is 6.52. The molecule has 3 rings (SSSR count). The number of H-pyrrole nitrogens is 1. The lowest BCUT2D eigenvalue weighted by molar-refractivity contribution is -0.126. The van der Waals surface area contributed by atoms with Crippen molar-refractivity contribution < 1.29 is 13.2 Å². The van der Waals surface area contributed by atoms with Crippen LogP contribution in [-0.2, 0) is 21.4 Å². The monoisotopic (exact) mass is 377 g/mol. The number of hydrogen-bond acceptors (Lipinski definition) is 5. The fourth-order valence-corrected chi connectivity index (χ4v) is 5.05. The van der Waals surface area contributed by atoms with Crippen LogP contribution in [0.25, 0.3) is 0 Å². The van der Waals surface area contributed by atoms with E-state index in [1.165, 1.54) is 4.31 Å². The predicted molar refractivity (Wildman–Crippen MR) is 95.6 cm³/mol. The summed E-state index contributed by atoms with van der Waals surface area (Å²) >= 11 is 0. The van der Waals surface area contributed by atoms with E-state index in [2.05, 4.69) is 20.5 Å². The highest BCUT2D eigenvalue weighted by atomic mass is 32.2. The minimum absolute atomic E-state index is 0.0402. The second-order valence-corrected chi connectivity index (χ2v) is 8.40. The first-order valence-corrected chi connectivity index (χ1v) is 10.0. The summed E-state index contributed by atoms with van der Waals surface area (Å²) in [6.45, 7) is 4.47. The van der Waals surface area contributed by atoms with Gasteiger partial charge in [0.15, 0.2) is 0 Å². The summed E-state index contributed by atoms with van der Waals surface area (Å²) in [6.07, 6.45) is 4.41. The summed E-state index contributed by atoms with van der Waals surface area (Å²) in [5.41, 5.74) is 1.95. The molecule has 0 saturated carbocycles. The number of aromatic nitrogens is 3. The van der Waals surface area contributed by atoms with Gasteiger partial charge in [-0.1, -0.05) is 6.07 Å². The molecule has 1 aliphatic heterocycles. The molecule has 26 heavy (non-hydrogen) atoms. The van der Waals surface area contributed by atoms with Crippen LogP contribution >= 0.6 is 0 Å². The number of rotatable bonds is 5. The molecule has 8 nitrogen and oxygen atoms in total. The van der Waals surface area contributed by atoms with Gasteiger partial charge in [0.1, 0.15) is 4.90 Å². The maximum Gasteiger partial charge on any atom is 0.246 e. The van der Waals surface area contributed by atoms with Crippen LogP contribution in [-0.4, -0.2) is 46.9 Å². The van der Waals surface area contributed by atoms with Crippen molar-refractivity contribution in [1.29, 1.82) is 0 Å². The molecule has 0 aliphatic carbocycles. The van der Waals surface area contributed by atoms with Gasteiger partial charge >= 0.3 is 0 Å². The zero-order chi connectivity index (χ0) is 18.7. The third-order valence-corrected chi connectivity index (χ3v) is 6.84. The lowest BCUT2D eigenvalue weighted by Crippen LogP contribution is -2.43. The third kappa shape index (κ3) is 3.78. The number of nitrogens with one attached hydrogen (secondary N) is 2. The van der Waals surface area contributed by atoms with Crippen LogP contribution < -0.4 is 5.32 Å². The molecule has 1 aliphatic rings. The van der Waals surface area contributed by atoms with Crippen LogP contribution in [0, 0.1) is 19.8 Å². The molecule has 1 amide bonds. The van der Waals surface area contributed by atoms with E-state index >= 15 is 0 Å². The van der Waals surface area contributed by atoms with Crippen molar-refractivity contribution in [1.82, 2.24) is 24.8 Å². The highest BCUT2D eigenvalue weighted by Crippen LogP contribution is 2.26. The molecule has 0 spiro atoms. The smallest absolute Gasteiger partial charge is 0.246 e. The maximum absolute atomic E-state index is 12.8. The van der Waals surface area contributed by atoms with E-state index in [0.29, 0.717) is 43.9 Å². The van der Waals surface area contributed by atoms with E-state index in [0.717, 1.165) is 5.56 Å². The fourth-order valence-electron chi connectivity index (χ4n) is 3.24. The van der Waals surface area contributed by atoms with Gasteiger partial charge in [0.25, 0.3) is 0 Å². The molecular formula is C17H23N5O3S. The maximum atomic E-state index is 12.8. The molecular weight excluding hydrogens is 354 g/mol. The minimum atomic E-state index is -3.58. The molecule has 0 radical (unpaired) electrons. The lowest BCUT2D eigenvalue weighted by Gasteiger charge is -2.30. The molecule has 0 aromatic carbocycles. The van der Waals surface area contributed by atoms with Gasteiger partial charge in [-0.3, -0.25) is 14.9 Å². The van der Waals surface area contributed by atoms with Crippen LogP contribution in [0.2, 0.25) is 0 Å². The molecule has 0 atom stereocenters. The Morgan fingerprint density at radius 1 is 1.35 bits per heavy atom. The molecule has 9 heteroatoms. The molecule has 1 saturated heterocycles. The quantitative estimate of drug-likeness (QED) is 0.812. The Morgan fingerprint density at radius 3 is 2.65 bits per heavy atom. The van der Waals surface area contributed by atoms with Crippen LogP contribution in [0.1, 0.15) is 29.8 Å². The first kappa shape index (κ1) is 18.5. The number of pyridine rings is 1. The number of carbonyl (C=O) groups excluding carboxylic acids is 1. The van der Waals surface area contributed by atoms with E-state index in [4.69, 9.17) is 0 Å². The summed E-state index contributed by atoms with van der Waals surface area (Å²) in [4.78, 5) is 16.6. The predicted octanol–water partition coefficient (Wildman–Crippen LogP) is 1.14. The van der Waals surface area contributed by atoms with Gasteiger partial charge < -0.3 is 5.32 Å². The standard InChI is InChI=1S/C17H23N5O3S/c1-12-16(13(2)21-20-12)26(24,25)22-8-5-15(6-9-22)17(23)19-11-14-4-3-7-18-10-14/h3-4,7,10,15H,5-6,8-9,11H2,1-2H3,(H,19,23)(H,20,21). The Hall–Kier alpha value is -2.26. The fraction of sp³-hybridized carbons (Fsp3) is 0.471. The first-order chi connectivity index (χ1) is 12.4. The Balaban J connectivity index is 1.58. The van der Waals surface area contributed by atoms with E-state index < -0.39 is 10.0 Å². The van der Waals surface area contributed by atoms with Gasteiger partial charge in [0.2, 0.25) is 15.9 Å². The Kier molecular flexibility index (Phi) is 5.38. The van der Waals surface area contributed by atoms with Gasteiger partial charge in [-0.2, -0.15) is 9.40 Å². The largest absolute Gasteiger partial charge is 0.352 e. The summed E-state index contributed by atoms with van der Waals surface area (Å²) in [6, 6.07) is 3.72. The topological polar surface area (TPSA) is 108 Å². The number of aryl methyl sites for hydroxylation is 2. The Bertz CT molecular complexity index is 852. The van der Waals surface area contributed by atoms with Gasteiger partial charge in [-0.25, -0.2) is 8.42 Å². The second kappa shape index (κ2) is 7.55. The highest BCUT2D eigenvalue weighted by Gasteiger charge is 2.34. The Labute approximate surface area is 153 Å². The average molecular weight is 377 g/mol.